The minimum atomic E-state index is -0.118. The van der Waals surface area contributed by atoms with E-state index in [-0.39, 0.29) is 12.0 Å². The van der Waals surface area contributed by atoms with Crippen molar-refractivity contribution in [1.82, 2.24) is 24.5 Å². The molecule has 1 unspecified atom stereocenters. The van der Waals surface area contributed by atoms with E-state index in [0.29, 0.717) is 26.1 Å². The Kier molecular flexibility index (Phi) is 3.55. The smallest absolute Gasteiger partial charge is 0.228 e. The van der Waals surface area contributed by atoms with E-state index in [9.17, 15) is 4.79 Å². The van der Waals surface area contributed by atoms with Gasteiger partial charge in [-0.05, 0) is 12.1 Å². The number of pyridine rings is 1. The highest BCUT2D eigenvalue weighted by atomic mass is 16.5. The standard InChI is InChI=1S/C16H17N5O2/c22-16(7-13-10-20-4-2-1-3-15(20)19-13)21-5-6-23-14(11-21)12-8-17-18-9-12/h1-4,8-10,14H,5-7,11H2,(H,17,18). The third-order valence-corrected chi connectivity index (χ3v) is 4.06. The van der Waals surface area contributed by atoms with Crippen molar-refractivity contribution in [2.45, 2.75) is 12.5 Å². The Morgan fingerprint density at radius 3 is 3.22 bits per heavy atom. The van der Waals surface area contributed by atoms with Crippen LogP contribution in [0.4, 0.5) is 0 Å². The number of carbonyl (C=O) groups is 1. The van der Waals surface area contributed by atoms with Crippen molar-refractivity contribution >= 4 is 11.6 Å². The molecule has 3 aromatic rings. The number of rotatable bonds is 3. The number of amides is 1. The first-order valence-corrected chi connectivity index (χ1v) is 7.60. The van der Waals surface area contributed by atoms with Crippen LogP contribution in [0.1, 0.15) is 17.4 Å². The third kappa shape index (κ3) is 2.83. The normalized spacial score (nSPS) is 18.4. The van der Waals surface area contributed by atoms with Gasteiger partial charge >= 0.3 is 0 Å². The van der Waals surface area contributed by atoms with Gasteiger partial charge in [-0.2, -0.15) is 5.10 Å². The molecular formula is C16H17N5O2. The average Bonchev–Trinajstić information content (AvgIpc) is 3.24. The predicted molar refractivity (Wildman–Crippen MR) is 82.8 cm³/mol. The Balaban J connectivity index is 1.45. The molecule has 1 aliphatic rings. The quantitative estimate of drug-likeness (QED) is 0.788. The van der Waals surface area contributed by atoms with Gasteiger partial charge in [0.05, 0.1) is 31.5 Å². The molecule has 1 fully saturated rings. The maximum atomic E-state index is 12.6. The lowest BCUT2D eigenvalue weighted by Gasteiger charge is -2.32. The number of imidazole rings is 1. The zero-order valence-corrected chi connectivity index (χ0v) is 12.6. The van der Waals surface area contributed by atoms with Gasteiger partial charge in [-0.1, -0.05) is 6.07 Å². The Labute approximate surface area is 132 Å². The van der Waals surface area contributed by atoms with Crippen molar-refractivity contribution in [3.63, 3.8) is 0 Å². The SMILES string of the molecule is O=C(Cc1cn2ccccc2n1)N1CCOC(c2cn[nH]c2)C1. The van der Waals surface area contributed by atoms with E-state index >= 15 is 0 Å². The van der Waals surface area contributed by atoms with Gasteiger partial charge in [-0.25, -0.2) is 4.98 Å². The summed E-state index contributed by atoms with van der Waals surface area (Å²) in [7, 11) is 0. The van der Waals surface area contributed by atoms with Crippen LogP contribution in [0, 0.1) is 0 Å². The lowest BCUT2D eigenvalue weighted by Crippen LogP contribution is -2.42. The maximum Gasteiger partial charge on any atom is 0.228 e. The van der Waals surface area contributed by atoms with Gasteiger partial charge in [0.2, 0.25) is 5.91 Å². The van der Waals surface area contributed by atoms with Crippen LogP contribution in [-0.4, -0.2) is 50.1 Å². The van der Waals surface area contributed by atoms with Gasteiger partial charge in [0, 0.05) is 30.7 Å². The van der Waals surface area contributed by atoms with E-state index in [1.807, 2.05) is 39.9 Å². The average molecular weight is 311 g/mol. The number of H-pyrrole nitrogens is 1. The number of aromatic nitrogens is 4. The van der Waals surface area contributed by atoms with Crippen LogP contribution in [0.15, 0.2) is 43.0 Å². The van der Waals surface area contributed by atoms with Crippen molar-refractivity contribution in [1.29, 1.82) is 0 Å². The molecular weight excluding hydrogens is 294 g/mol. The summed E-state index contributed by atoms with van der Waals surface area (Å²) in [6.45, 7) is 1.69. The Morgan fingerprint density at radius 2 is 2.39 bits per heavy atom. The first-order valence-electron chi connectivity index (χ1n) is 7.60. The molecule has 0 radical (unpaired) electrons. The fourth-order valence-electron chi connectivity index (χ4n) is 2.85. The van der Waals surface area contributed by atoms with E-state index in [1.165, 1.54) is 0 Å². The molecule has 3 aromatic heterocycles. The van der Waals surface area contributed by atoms with Crippen LogP contribution < -0.4 is 0 Å². The fraction of sp³-hybridized carbons (Fsp3) is 0.312. The van der Waals surface area contributed by atoms with Crippen LogP contribution >= 0.6 is 0 Å². The number of morpholine rings is 1. The number of nitrogens with zero attached hydrogens (tertiary/aromatic N) is 4. The number of nitrogens with one attached hydrogen (secondary N) is 1. The Morgan fingerprint density at radius 1 is 1.43 bits per heavy atom. The highest BCUT2D eigenvalue weighted by Gasteiger charge is 2.26. The van der Waals surface area contributed by atoms with Crippen LogP contribution in [0.5, 0.6) is 0 Å². The summed E-state index contributed by atoms with van der Waals surface area (Å²) in [4.78, 5) is 18.9. The second-order valence-corrected chi connectivity index (χ2v) is 5.61. The molecule has 0 aliphatic carbocycles. The molecule has 1 aliphatic heterocycles. The molecule has 0 aromatic carbocycles. The molecule has 7 heteroatoms. The minimum Gasteiger partial charge on any atom is -0.370 e. The van der Waals surface area contributed by atoms with E-state index in [4.69, 9.17) is 4.74 Å². The van der Waals surface area contributed by atoms with Crippen molar-refractivity contribution in [3.05, 3.63) is 54.2 Å². The number of hydrogen-bond donors (Lipinski definition) is 1. The number of fused-ring (bicyclic) bond motifs is 1. The van der Waals surface area contributed by atoms with Gasteiger partial charge in [-0.3, -0.25) is 9.89 Å². The van der Waals surface area contributed by atoms with Gasteiger partial charge in [-0.15, -0.1) is 0 Å². The predicted octanol–water partition coefficient (Wildman–Crippen LogP) is 1.20. The number of ether oxygens (including phenoxy) is 1. The molecule has 0 spiro atoms. The van der Waals surface area contributed by atoms with E-state index in [1.54, 1.807) is 12.4 Å². The molecule has 1 saturated heterocycles. The summed E-state index contributed by atoms with van der Waals surface area (Å²) in [6.07, 6.45) is 7.57. The van der Waals surface area contributed by atoms with Crippen molar-refractivity contribution in [2.75, 3.05) is 19.7 Å². The van der Waals surface area contributed by atoms with Crippen LogP contribution in [0.2, 0.25) is 0 Å². The van der Waals surface area contributed by atoms with Crippen LogP contribution in [-0.2, 0) is 16.0 Å². The highest BCUT2D eigenvalue weighted by molar-refractivity contribution is 5.78. The molecule has 0 saturated carbocycles. The number of carbonyl (C=O) groups excluding carboxylic acids is 1. The maximum absolute atomic E-state index is 12.6. The molecule has 118 valence electrons. The van der Waals surface area contributed by atoms with Gasteiger partial charge < -0.3 is 14.0 Å². The summed E-state index contributed by atoms with van der Waals surface area (Å²) in [5, 5.41) is 6.72. The van der Waals surface area contributed by atoms with Gasteiger partial charge in [0.25, 0.3) is 0 Å². The van der Waals surface area contributed by atoms with E-state index < -0.39 is 0 Å². The molecule has 7 nitrogen and oxygen atoms in total. The summed E-state index contributed by atoms with van der Waals surface area (Å²) in [5.41, 5.74) is 2.61. The van der Waals surface area contributed by atoms with Crippen LogP contribution in [0.25, 0.3) is 5.65 Å². The second-order valence-electron chi connectivity index (χ2n) is 5.61. The highest BCUT2D eigenvalue weighted by Crippen LogP contribution is 2.21. The van der Waals surface area contributed by atoms with Crippen LogP contribution in [0.3, 0.4) is 0 Å². The Hall–Kier alpha value is -2.67. The molecule has 1 atom stereocenters. The molecule has 4 rings (SSSR count). The first kappa shape index (κ1) is 14.0. The molecule has 4 heterocycles. The van der Waals surface area contributed by atoms with E-state index in [0.717, 1.165) is 16.9 Å². The minimum absolute atomic E-state index is 0.0743. The summed E-state index contributed by atoms with van der Waals surface area (Å²) >= 11 is 0. The lowest BCUT2D eigenvalue weighted by atomic mass is 10.1. The molecule has 1 amide bonds. The van der Waals surface area contributed by atoms with Crippen molar-refractivity contribution < 1.29 is 9.53 Å². The second kappa shape index (κ2) is 5.85. The van der Waals surface area contributed by atoms with Gasteiger partial charge in [0.1, 0.15) is 11.8 Å². The molecule has 1 N–H and O–H groups in total. The summed E-state index contributed by atoms with van der Waals surface area (Å²) < 4.78 is 7.65. The summed E-state index contributed by atoms with van der Waals surface area (Å²) in [5.74, 6) is 0.0743. The summed E-state index contributed by atoms with van der Waals surface area (Å²) in [6, 6.07) is 5.81. The molecule has 23 heavy (non-hydrogen) atoms. The number of hydrogen-bond acceptors (Lipinski definition) is 4. The zero-order chi connectivity index (χ0) is 15.6. The zero-order valence-electron chi connectivity index (χ0n) is 12.6. The monoisotopic (exact) mass is 311 g/mol. The Bertz CT molecular complexity index is 778. The number of aromatic amines is 1. The largest absolute Gasteiger partial charge is 0.370 e. The molecule has 0 bridgehead atoms. The lowest BCUT2D eigenvalue weighted by molar-refractivity contribution is -0.138. The fourth-order valence-corrected chi connectivity index (χ4v) is 2.85. The first-order chi connectivity index (χ1) is 11.3. The van der Waals surface area contributed by atoms with Gasteiger partial charge in [0.15, 0.2) is 0 Å². The van der Waals surface area contributed by atoms with E-state index in [2.05, 4.69) is 15.2 Å². The topological polar surface area (TPSA) is 75.5 Å². The van der Waals surface area contributed by atoms with Crippen molar-refractivity contribution in [3.8, 4) is 0 Å². The third-order valence-electron chi connectivity index (χ3n) is 4.06. The van der Waals surface area contributed by atoms with Crippen molar-refractivity contribution in [2.24, 2.45) is 0 Å².